The number of benzene rings is 1. The highest BCUT2D eigenvalue weighted by molar-refractivity contribution is 7.99. The molecule has 1 aromatic heterocycles. The number of carboxylic acid groups (broad SMARTS) is 1. The fourth-order valence-electron chi connectivity index (χ4n) is 2.87. The molecule has 0 spiro atoms. The molecule has 1 amide bonds. The molecule has 3 rings (SSSR count). The van der Waals surface area contributed by atoms with E-state index >= 15 is 0 Å². The summed E-state index contributed by atoms with van der Waals surface area (Å²) >= 11 is 1.51. The minimum Gasteiger partial charge on any atom is -0.481 e. The van der Waals surface area contributed by atoms with Gasteiger partial charge in [0.1, 0.15) is 0 Å². The Kier molecular flexibility index (Phi) is 4.94. The summed E-state index contributed by atoms with van der Waals surface area (Å²) in [6, 6.07) is 4.63. The standard InChI is InChI=1S/C16H17F2N3O3S/c1-20-12-3-2-9(6-11(12)19-14(20)13(17)18)15(22)21-4-5-25-8-10(7-21)16(23)24/h2-3,6,10,13H,4-5,7-8H2,1H3,(H,23,24). The number of imidazole rings is 1. The first-order chi connectivity index (χ1) is 11.9. The predicted molar refractivity (Wildman–Crippen MR) is 90.0 cm³/mol. The van der Waals surface area contributed by atoms with Crippen LogP contribution in [0.15, 0.2) is 18.2 Å². The first-order valence-corrected chi connectivity index (χ1v) is 8.88. The fraction of sp³-hybridized carbons (Fsp3) is 0.438. The highest BCUT2D eigenvalue weighted by atomic mass is 32.2. The summed E-state index contributed by atoms with van der Waals surface area (Å²) in [5, 5.41) is 9.22. The molecule has 2 aromatic rings. The molecule has 25 heavy (non-hydrogen) atoms. The molecule has 6 nitrogen and oxygen atoms in total. The average Bonchev–Trinajstić information content (AvgIpc) is 2.75. The summed E-state index contributed by atoms with van der Waals surface area (Å²) in [5.74, 6) is -1.06. The van der Waals surface area contributed by atoms with E-state index in [1.165, 1.54) is 34.3 Å². The Morgan fingerprint density at radius 3 is 2.84 bits per heavy atom. The summed E-state index contributed by atoms with van der Waals surface area (Å²) in [4.78, 5) is 29.4. The van der Waals surface area contributed by atoms with Crippen LogP contribution in [0.5, 0.6) is 0 Å². The molecule has 1 atom stereocenters. The van der Waals surface area contributed by atoms with Gasteiger partial charge in [-0.15, -0.1) is 0 Å². The van der Waals surface area contributed by atoms with E-state index in [-0.39, 0.29) is 18.3 Å². The summed E-state index contributed by atoms with van der Waals surface area (Å²) in [7, 11) is 1.50. The molecule has 1 aliphatic rings. The quantitative estimate of drug-likeness (QED) is 0.899. The van der Waals surface area contributed by atoms with Crippen molar-refractivity contribution in [3.05, 3.63) is 29.6 Å². The van der Waals surface area contributed by atoms with E-state index in [0.29, 0.717) is 34.6 Å². The van der Waals surface area contributed by atoms with Crippen LogP contribution in [0.4, 0.5) is 8.78 Å². The molecule has 1 aliphatic heterocycles. The molecular formula is C16H17F2N3O3S. The van der Waals surface area contributed by atoms with Crippen LogP contribution in [-0.4, -0.2) is 56.0 Å². The third-order valence-electron chi connectivity index (χ3n) is 4.26. The van der Waals surface area contributed by atoms with E-state index in [1.807, 2.05) is 0 Å². The van der Waals surface area contributed by atoms with E-state index in [1.54, 1.807) is 12.1 Å². The smallest absolute Gasteiger partial charge is 0.309 e. The molecule has 0 bridgehead atoms. The third kappa shape index (κ3) is 3.46. The normalized spacial score (nSPS) is 18.6. The number of carbonyl (C=O) groups excluding carboxylic acids is 1. The monoisotopic (exact) mass is 369 g/mol. The molecule has 134 valence electrons. The number of thioether (sulfide) groups is 1. The molecule has 1 saturated heterocycles. The van der Waals surface area contributed by atoms with Crippen molar-refractivity contribution < 1.29 is 23.5 Å². The number of carboxylic acids is 1. The maximum atomic E-state index is 13.0. The van der Waals surface area contributed by atoms with Crippen LogP contribution >= 0.6 is 11.8 Å². The lowest BCUT2D eigenvalue weighted by atomic mass is 10.1. The van der Waals surface area contributed by atoms with Gasteiger partial charge in [0.15, 0.2) is 5.82 Å². The van der Waals surface area contributed by atoms with Crippen molar-refractivity contribution in [1.29, 1.82) is 0 Å². The Bertz CT molecular complexity index is 824. The number of alkyl halides is 2. The maximum absolute atomic E-state index is 13.0. The number of fused-ring (bicyclic) bond motifs is 1. The summed E-state index contributed by atoms with van der Waals surface area (Å²) in [5.41, 5.74) is 1.16. The van der Waals surface area contributed by atoms with Gasteiger partial charge in [-0.25, -0.2) is 13.8 Å². The van der Waals surface area contributed by atoms with Crippen molar-refractivity contribution in [2.75, 3.05) is 24.6 Å². The number of aromatic nitrogens is 2. The number of nitrogens with zero attached hydrogens (tertiary/aromatic N) is 3. The predicted octanol–water partition coefficient (Wildman–Crippen LogP) is 2.40. The Morgan fingerprint density at radius 1 is 1.40 bits per heavy atom. The van der Waals surface area contributed by atoms with Gasteiger partial charge in [0.05, 0.1) is 17.0 Å². The summed E-state index contributed by atoms with van der Waals surface area (Å²) < 4.78 is 27.2. The van der Waals surface area contributed by atoms with Gasteiger partial charge in [0, 0.05) is 37.2 Å². The second-order valence-corrected chi connectivity index (χ2v) is 7.04. The van der Waals surface area contributed by atoms with E-state index < -0.39 is 18.3 Å². The minimum atomic E-state index is -2.70. The van der Waals surface area contributed by atoms with Gasteiger partial charge in [-0.2, -0.15) is 11.8 Å². The number of aliphatic carboxylic acids is 1. The van der Waals surface area contributed by atoms with Gasteiger partial charge in [0.2, 0.25) is 0 Å². The second kappa shape index (κ2) is 6.99. The molecule has 0 aliphatic carbocycles. The number of hydrogen-bond donors (Lipinski definition) is 1. The van der Waals surface area contributed by atoms with Crippen molar-refractivity contribution in [2.24, 2.45) is 13.0 Å². The number of halogens is 2. The second-order valence-electron chi connectivity index (χ2n) is 5.89. The maximum Gasteiger partial charge on any atom is 0.309 e. The van der Waals surface area contributed by atoms with Crippen molar-refractivity contribution >= 4 is 34.7 Å². The van der Waals surface area contributed by atoms with Crippen LogP contribution in [0, 0.1) is 5.92 Å². The van der Waals surface area contributed by atoms with Gasteiger partial charge in [0.25, 0.3) is 12.3 Å². The number of amides is 1. The van der Waals surface area contributed by atoms with Crippen molar-refractivity contribution in [3.63, 3.8) is 0 Å². The van der Waals surface area contributed by atoms with Crippen LogP contribution in [0.25, 0.3) is 11.0 Å². The van der Waals surface area contributed by atoms with Crippen LogP contribution in [0.2, 0.25) is 0 Å². The first-order valence-electron chi connectivity index (χ1n) is 7.73. The number of rotatable bonds is 3. The fourth-order valence-corrected chi connectivity index (χ4v) is 3.92. The van der Waals surface area contributed by atoms with E-state index in [4.69, 9.17) is 0 Å². The summed E-state index contributed by atoms with van der Waals surface area (Å²) in [6.45, 7) is 0.597. The molecule has 1 aromatic carbocycles. The van der Waals surface area contributed by atoms with E-state index in [2.05, 4.69) is 4.98 Å². The zero-order valence-electron chi connectivity index (χ0n) is 13.5. The van der Waals surface area contributed by atoms with Gasteiger partial charge >= 0.3 is 5.97 Å². The Balaban J connectivity index is 1.90. The van der Waals surface area contributed by atoms with Crippen LogP contribution in [0.1, 0.15) is 22.6 Å². The summed E-state index contributed by atoms with van der Waals surface area (Å²) in [6.07, 6.45) is -2.70. The van der Waals surface area contributed by atoms with Crippen molar-refractivity contribution in [3.8, 4) is 0 Å². The molecule has 1 fully saturated rings. The lowest BCUT2D eigenvalue weighted by Gasteiger charge is -2.22. The van der Waals surface area contributed by atoms with E-state index in [9.17, 15) is 23.5 Å². The Hall–Kier alpha value is -2.16. The molecule has 2 heterocycles. The van der Waals surface area contributed by atoms with Crippen molar-refractivity contribution in [2.45, 2.75) is 6.43 Å². The van der Waals surface area contributed by atoms with Gasteiger partial charge in [-0.05, 0) is 18.2 Å². The molecular weight excluding hydrogens is 352 g/mol. The Labute approximate surface area is 146 Å². The van der Waals surface area contributed by atoms with Gasteiger partial charge in [-0.1, -0.05) is 0 Å². The Morgan fingerprint density at radius 2 is 2.16 bits per heavy atom. The topological polar surface area (TPSA) is 75.4 Å². The van der Waals surface area contributed by atoms with Gasteiger partial charge < -0.3 is 14.6 Å². The molecule has 0 radical (unpaired) electrons. The molecule has 1 N–H and O–H groups in total. The SMILES string of the molecule is Cn1c(C(F)F)nc2cc(C(=O)N3CCSCC(C(=O)O)C3)ccc21. The lowest BCUT2D eigenvalue weighted by molar-refractivity contribution is -0.141. The van der Waals surface area contributed by atoms with Crippen LogP contribution in [0.3, 0.4) is 0 Å². The minimum absolute atomic E-state index is 0.143. The molecule has 0 saturated carbocycles. The number of aryl methyl sites for hydroxylation is 1. The zero-order valence-corrected chi connectivity index (χ0v) is 14.3. The van der Waals surface area contributed by atoms with Crippen molar-refractivity contribution in [1.82, 2.24) is 14.5 Å². The zero-order chi connectivity index (χ0) is 18.1. The third-order valence-corrected chi connectivity index (χ3v) is 5.37. The van der Waals surface area contributed by atoms with E-state index in [0.717, 1.165) is 0 Å². The molecule has 9 heteroatoms. The number of hydrogen-bond acceptors (Lipinski definition) is 4. The number of carbonyl (C=O) groups is 2. The first kappa shape index (κ1) is 17.7. The van der Waals surface area contributed by atoms with Gasteiger partial charge in [-0.3, -0.25) is 9.59 Å². The molecule has 1 unspecified atom stereocenters. The highest BCUT2D eigenvalue weighted by Crippen LogP contribution is 2.25. The van der Waals surface area contributed by atoms with Crippen LogP contribution < -0.4 is 0 Å². The lowest BCUT2D eigenvalue weighted by Crippen LogP contribution is -2.38. The average molecular weight is 369 g/mol. The van der Waals surface area contributed by atoms with Crippen LogP contribution in [-0.2, 0) is 11.8 Å². The largest absolute Gasteiger partial charge is 0.481 e. The highest BCUT2D eigenvalue weighted by Gasteiger charge is 2.28.